The number of nitrogens with zero attached hydrogens (tertiary/aromatic N) is 1. The van der Waals surface area contributed by atoms with Crippen molar-refractivity contribution < 1.29 is 13.3 Å². The molecule has 1 heterocycles. The van der Waals surface area contributed by atoms with Gasteiger partial charge in [0.25, 0.3) is 0 Å². The Labute approximate surface area is 64.5 Å². The van der Waals surface area contributed by atoms with E-state index in [1.165, 1.54) is 0 Å². The number of hydrogen-bond acceptors (Lipinski definition) is 4. The summed E-state index contributed by atoms with van der Waals surface area (Å²) in [4.78, 5) is 9.42. The van der Waals surface area contributed by atoms with Gasteiger partial charge in [0.1, 0.15) is 5.25 Å². The molecule has 0 aromatic rings. The molecule has 0 aromatic heterocycles. The fourth-order valence-corrected chi connectivity index (χ4v) is 3.01. The normalized spacial score (nSPS) is 28.5. The second-order valence-electron chi connectivity index (χ2n) is 2.65. The van der Waals surface area contributed by atoms with Crippen molar-refractivity contribution in [3.05, 3.63) is 10.1 Å². The Bertz CT molecular complexity index is 258. The highest BCUT2D eigenvalue weighted by Gasteiger charge is 2.34. The fraction of sp³-hybridized carbons (Fsp3) is 1.00. The van der Waals surface area contributed by atoms with Crippen LogP contribution in [0, 0.1) is 10.1 Å². The van der Waals surface area contributed by atoms with Gasteiger partial charge in [-0.2, -0.15) is 0 Å². The van der Waals surface area contributed by atoms with Gasteiger partial charge in [-0.25, -0.2) is 8.42 Å². The van der Waals surface area contributed by atoms with Crippen LogP contribution in [0.3, 0.4) is 0 Å². The van der Waals surface area contributed by atoms with Crippen molar-refractivity contribution in [2.45, 2.75) is 18.1 Å². The Morgan fingerprint density at radius 1 is 1.55 bits per heavy atom. The molecule has 11 heavy (non-hydrogen) atoms. The minimum Gasteiger partial charge on any atom is -0.265 e. The minimum atomic E-state index is -3.12. The molecule has 0 bridgehead atoms. The maximum absolute atomic E-state index is 11.0. The van der Waals surface area contributed by atoms with Crippen molar-refractivity contribution in [1.82, 2.24) is 0 Å². The van der Waals surface area contributed by atoms with E-state index in [0.717, 1.165) is 0 Å². The Balaban J connectivity index is 2.66. The van der Waals surface area contributed by atoms with Gasteiger partial charge in [-0.3, -0.25) is 10.1 Å². The van der Waals surface area contributed by atoms with Gasteiger partial charge in [0.05, 0.1) is 5.75 Å². The first kappa shape index (κ1) is 8.45. The molecule has 5 nitrogen and oxygen atoms in total. The minimum absolute atomic E-state index is 0.117. The van der Waals surface area contributed by atoms with Crippen LogP contribution in [0.15, 0.2) is 0 Å². The van der Waals surface area contributed by atoms with Gasteiger partial charge < -0.3 is 0 Å². The van der Waals surface area contributed by atoms with Gasteiger partial charge in [0, 0.05) is 4.92 Å². The molecule has 0 aromatic carbocycles. The van der Waals surface area contributed by atoms with Crippen LogP contribution in [-0.2, 0) is 9.84 Å². The highest BCUT2D eigenvalue weighted by Crippen LogP contribution is 2.19. The predicted molar refractivity (Wildman–Crippen MR) is 38.7 cm³/mol. The SMILES string of the molecule is O=[N+]([O-])CC1CCCS1(=O)=O. The molecular weight excluding hydrogens is 170 g/mol. The van der Waals surface area contributed by atoms with Crippen molar-refractivity contribution in [1.29, 1.82) is 0 Å². The molecule has 0 aliphatic carbocycles. The first-order valence-corrected chi connectivity index (χ1v) is 5.07. The summed E-state index contributed by atoms with van der Waals surface area (Å²) in [6.45, 7) is -0.428. The lowest BCUT2D eigenvalue weighted by molar-refractivity contribution is -0.479. The fourth-order valence-electron chi connectivity index (χ4n) is 1.23. The molecule has 1 fully saturated rings. The standard InChI is InChI=1S/C5H9NO4S/c7-6(8)4-5-2-1-3-11(5,9)10/h5H,1-4H2. The quantitative estimate of drug-likeness (QED) is 0.436. The average molecular weight is 179 g/mol. The molecule has 0 N–H and O–H groups in total. The molecule has 1 unspecified atom stereocenters. The van der Waals surface area contributed by atoms with Gasteiger partial charge in [0.15, 0.2) is 9.84 Å². The summed E-state index contributed by atoms with van der Waals surface area (Å²) in [5.74, 6) is 0.117. The van der Waals surface area contributed by atoms with Gasteiger partial charge >= 0.3 is 0 Å². The molecular formula is C5H9NO4S. The van der Waals surface area contributed by atoms with Crippen molar-refractivity contribution >= 4 is 9.84 Å². The lowest BCUT2D eigenvalue weighted by Gasteiger charge is -2.01. The zero-order valence-corrected chi connectivity index (χ0v) is 6.71. The van der Waals surface area contributed by atoms with Gasteiger partial charge in [-0.05, 0) is 12.8 Å². The predicted octanol–water partition coefficient (Wildman–Crippen LogP) is -0.160. The van der Waals surface area contributed by atoms with Crippen LogP contribution in [0.25, 0.3) is 0 Å². The van der Waals surface area contributed by atoms with E-state index in [1.54, 1.807) is 0 Å². The number of hydrogen-bond donors (Lipinski definition) is 0. The number of nitro groups is 1. The third-order valence-electron chi connectivity index (χ3n) is 1.82. The molecule has 1 saturated heterocycles. The van der Waals surface area contributed by atoms with Crippen LogP contribution in [0.1, 0.15) is 12.8 Å². The van der Waals surface area contributed by atoms with Crippen LogP contribution in [0.4, 0.5) is 0 Å². The van der Waals surface area contributed by atoms with Crippen molar-refractivity contribution in [3.63, 3.8) is 0 Å². The molecule has 0 saturated carbocycles. The molecule has 0 amide bonds. The lowest BCUT2D eigenvalue weighted by atomic mass is 10.2. The highest BCUT2D eigenvalue weighted by molar-refractivity contribution is 7.92. The van der Waals surface area contributed by atoms with Crippen LogP contribution in [0.5, 0.6) is 0 Å². The van der Waals surface area contributed by atoms with Crippen molar-refractivity contribution in [2.75, 3.05) is 12.3 Å². The monoisotopic (exact) mass is 179 g/mol. The summed E-state index contributed by atoms with van der Waals surface area (Å²) in [5, 5.41) is 9.26. The molecule has 1 aliphatic rings. The van der Waals surface area contributed by atoms with Crippen molar-refractivity contribution in [3.8, 4) is 0 Å². The Morgan fingerprint density at radius 2 is 2.18 bits per heavy atom. The van der Waals surface area contributed by atoms with E-state index in [4.69, 9.17) is 0 Å². The Kier molecular flexibility index (Phi) is 2.12. The van der Waals surface area contributed by atoms with E-state index in [-0.39, 0.29) is 5.75 Å². The van der Waals surface area contributed by atoms with Crippen LogP contribution < -0.4 is 0 Å². The van der Waals surface area contributed by atoms with E-state index in [1.807, 2.05) is 0 Å². The topological polar surface area (TPSA) is 77.3 Å². The smallest absolute Gasteiger partial charge is 0.220 e. The summed E-state index contributed by atoms with van der Waals surface area (Å²) in [6, 6.07) is 0. The van der Waals surface area contributed by atoms with Gasteiger partial charge in [-0.15, -0.1) is 0 Å². The molecule has 64 valence electrons. The van der Waals surface area contributed by atoms with E-state index < -0.39 is 26.6 Å². The summed E-state index contributed by atoms with van der Waals surface area (Å²) < 4.78 is 22.0. The number of sulfone groups is 1. The third-order valence-corrected chi connectivity index (χ3v) is 4.07. The largest absolute Gasteiger partial charge is 0.265 e. The zero-order valence-electron chi connectivity index (χ0n) is 5.89. The average Bonchev–Trinajstić information content (AvgIpc) is 2.10. The van der Waals surface area contributed by atoms with E-state index in [0.29, 0.717) is 12.8 Å². The third kappa shape index (κ3) is 1.89. The second-order valence-corrected chi connectivity index (χ2v) is 5.05. The molecule has 0 spiro atoms. The first-order chi connectivity index (χ1) is 5.02. The molecule has 1 rings (SSSR count). The first-order valence-electron chi connectivity index (χ1n) is 3.36. The molecule has 1 aliphatic heterocycles. The summed E-state index contributed by atoms with van der Waals surface area (Å²) in [5.41, 5.74) is 0. The lowest BCUT2D eigenvalue weighted by Crippen LogP contribution is -2.24. The molecule has 6 heteroatoms. The van der Waals surface area contributed by atoms with Gasteiger partial charge in [0.2, 0.25) is 6.54 Å². The maximum Gasteiger partial charge on any atom is 0.220 e. The maximum atomic E-state index is 11.0. The van der Waals surface area contributed by atoms with Crippen LogP contribution >= 0.6 is 0 Å². The zero-order chi connectivity index (χ0) is 8.48. The second kappa shape index (κ2) is 2.77. The summed E-state index contributed by atoms with van der Waals surface area (Å²) in [6.07, 6.45) is 1.02. The summed E-state index contributed by atoms with van der Waals surface area (Å²) >= 11 is 0. The van der Waals surface area contributed by atoms with Crippen LogP contribution in [-0.4, -0.2) is 30.9 Å². The molecule has 1 atom stereocenters. The number of rotatable bonds is 2. The Morgan fingerprint density at radius 3 is 2.55 bits per heavy atom. The van der Waals surface area contributed by atoms with E-state index in [2.05, 4.69) is 0 Å². The van der Waals surface area contributed by atoms with Gasteiger partial charge in [-0.1, -0.05) is 0 Å². The van der Waals surface area contributed by atoms with E-state index >= 15 is 0 Å². The molecule has 0 radical (unpaired) electrons. The van der Waals surface area contributed by atoms with Crippen LogP contribution in [0.2, 0.25) is 0 Å². The highest BCUT2D eigenvalue weighted by atomic mass is 32.2. The van der Waals surface area contributed by atoms with E-state index in [9.17, 15) is 18.5 Å². The van der Waals surface area contributed by atoms with Crippen molar-refractivity contribution in [2.24, 2.45) is 0 Å². The summed E-state index contributed by atoms with van der Waals surface area (Å²) in [7, 11) is -3.12. The Hall–Kier alpha value is -0.650.